The van der Waals surface area contributed by atoms with Gasteiger partial charge in [-0.3, -0.25) is 9.89 Å². The van der Waals surface area contributed by atoms with E-state index >= 15 is 0 Å². The molecule has 1 amide bonds. The van der Waals surface area contributed by atoms with Gasteiger partial charge in [0.2, 0.25) is 0 Å². The van der Waals surface area contributed by atoms with Crippen molar-refractivity contribution in [1.29, 1.82) is 0 Å². The van der Waals surface area contributed by atoms with Gasteiger partial charge in [-0.2, -0.15) is 5.10 Å². The van der Waals surface area contributed by atoms with Crippen LogP contribution in [0.3, 0.4) is 0 Å². The van der Waals surface area contributed by atoms with Crippen molar-refractivity contribution in [3.63, 3.8) is 0 Å². The summed E-state index contributed by atoms with van der Waals surface area (Å²) in [6.07, 6.45) is 5.97. The van der Waals surface area contributed by atoms with Gasteiger partial charge in [-0.25, -0.2) is 9.97 Å². The van der Waals surface area contributed by atoms with Crippen LogP contribution >= 0.6 is 0 Å². The predicted molar refractivity (Wildman–Crippen MR) is 125 cm³/mol. The number of nitrogens with one attached hydrogen (secondary N) is 2. The van der Waals surface area contributed by atoms with Crippen molar-refractivity contribution in [1.82, 2.24) is 30.0 Å². The van der Waals surface area contributed by atoms with Crippen LogP contribution in [-0.4, -0.2) is 69.3 Å². The molecule has 0 bridgehead atoms. The minimum Gasteiger partial charge on any atom is -0.380 e. The fourth-order valence-corrected chi connectivity index (χ4v) is 5.29. The lowest BCUT2D eigenvalue weighted by molar-refractivity contribution is -0.116. The summed E-state index contributed by atoms with van der Waals surface area (Å²) < 4.78 is 5.49. The number of aromatic nitrogens is 5. The highest BCUT2D eigenvalue weighted by molar-refractivity contribution is 6.04. The zero-order valence-corrected chi connectivity index (χ0v) is 19.1. The van der Waals surface area contributed by atoms with Crippen molar-refractivity contribution in [3.05, 3.63) is 35.8 Å². The Morgan fingerprint density at radius 3 is 3.12 bits per heavy atom. The second-order valence-electron chi connectivity index (χ2n) is 9.88. The Labute approximate surface area is 192 Å². The quantitative estimate of drug-likeness (QED) is 0.596. The molecule has 0 spiro atoms. The Hall–Kier alpha value is -3.20. The normalized spacial score (nSPS) is 24.2. The van der Waals surface area contributed by atoms with E-state index < -0.39 is 0 Å². The molecule has 1 aliphatic heterocycles. The summed E-state index contributed by atoms with van der Waals surface area (Å²) >= 11 is 0. The SMILES string of the molecule is C=C(C(=O)N(C)c1cnc2[nH]c(-c3n[nH]c4c3C[C@@H]3C[C@]3(C)C4)nc2c1)N1CCCOCC1. The van der Waals surface area contributed by atoms with Crippen LogP contribution in [0.4, 0.5) is 5.69 Å². The van der Waals surface area contributed by atoms with Crippen LogP contribution < -0.4 is 4.90 Å². The van der Waals surface area contributed by atoms with Crippen molar-refractivity contribution >= 4 is 22.8 Å². The fourth-order valence-electron chi connectivity index (χ4n) is 5.29. The van der Waals surface area contributed by atoms with Crippen LogP contribution in [0.1, 0.15) is 31.0 Å². The number of carbonyl (C=O) groups excluding carboxylic acids is 1. The summed E-state index contributed by atoms with van der Waals surface area (Å²) in [6.45, 7) is 9.18. The molecule has 1 saturated heterocycles. The van der Waals surface area contributed by atoms with Gasteiger partial charge in [-0.15, -0.1) is 0 Å². The van der Waals surface area contributed by atoms with Crippen molar-refractivity contribution < 1.29 is 9.53 Å². The standard InChI is InChI=1S/C24H29N7O2/c1-14(31-5-4-7-33-8-6-31)23(32)30(3)16-10-18-21(25-13-16)27-22(26-18)20-17-9-15-11-24(15,2)12-19(17)28-29-20/h10,13,15H,1,4-9,11-12H2,2-3H3,(H,28,29)(H,25,26,27)/t15-,24-/m1/s1. The Morgan fingerprint density at radius 1 is 1.36 bits per heavy atom. The van der Waals surface area contributed by atoms with Crippen LogP contribution in [0.25, 0.3) is 22.7 Å². The maximum Gasteiger partial charge on any atom is 0.273 e. The minimum absolute atomic E-state index is 0.150. The van der Waals surface area contributed by atoms with E-state index in [1.165, 1.54) is 17.7 Å². The van der Waals surface area contributed by atoms with E-state index in [0.29, 0.717) is 41.1 Å². The molecule has 2 N–H and O–H groups in total. The summed E-state index contributed by atoms with van der Waals surface area (Å²) in [7, 11) is 1.75. The lowest BCUT2D eigenvalue weighted by Crippen LogP contribution is -2.37. The number of fused-ring (bicyclic) bond motifs is 3. The van der Waals surface area contributed by atoms with Gasteiger partial charge < -0.3 is 19.5 Å². The number of aromatic amines is 2. The third kappa shape index (κ3) is 3.42. The Kier molecular flexibility index (Phi) is 4.58. The minimum atomic E-state index is -0.150. The Bertz CT molecular complexity index is 1250. The molecule has 3 aromatic heterocycles. The molecule has 2 fully saturated rings. The number of imidazole rings is 1. The van der Waals surface area contributed by atoms with Gasteiger partial charge >= 0.3 is 0 Å². The monoisotopic (exact) mass is 447 g/mol. The largest absolute Gasteiger partial charge is 0.380 e. The van der Waals surface area contributed by atoms with Crippen LogP contribution in [0.15, 0.2) is 24.5 Å². The number of anilines is 1. The molecule has 1 saturated carbocycles. The third-order valence-corrected chi connectivity index (χ3v) is 7.61. The highest BCUT2D eigenvalue weighted by atomic mass is 16.5. The first-order chi connectivity index (χ1) is 15.9. The second kappa shape index (κ2) is 7.41. The number of hydrogen-bond acceptors (Lipinski definition) is 6. The number of H-pyrrole nitrogens is 2. The van der Waals surface area contributed by atoms with Crippen LogP contribution in [0, 0.1) is 11.3 Å². The van der Waals surface area contributed by atoms with E-state index in [4.69, 9.17) is 9.72 Å². The average Bonchev–Trinajstić information content (AvgIpc) is 3.21. The summed E-state index contributed by atoms with van der Waals surface area (Å²) in [5.74, 6) is 1.32. The maximum atomic E-state index is 13.1. The van der Waals surface area contributed by atoms with E-state index in [2.05, 4.69) is 33.7 Å². The molecule has 33 heavy (non-hydrogen) atoms. The van der Waals surface area contributed by atoms with Crippen LogP contribution in [-0.2, 0) is 22.4 Å². The van der Waals surface area contributed by atoms with Gasteiger partial charge in [0, 0.05) is 38.0 Å². The zero-order valence-electron chi connectivity index (χ0n) is 19.1. The van der Waals surface area contributed by atoms with Gasteiger partial charge in [0.1, 0.15) is 11.2 Å². The van der Waals surface area contributed by atoms with Crippen LogP contribution in [0.5, 0.6) is 0 Å². The third-order valence-electron chi connectivity index (χ3n) is 7.61. The second-order valence-corrected chi connectivity index (χ2v) is 9.88. The molecule has 2 aliphatic carbocycles. The van der Waals surface area contributed by atoms with E-state index in [-0.39, 0.29) is 5.91 Å². The van der Waals surface area contributed by atoms with Gasteiger partial charge in [-0.05, 0) is 43.1 Å². The van der Waals surface area contributed by atoms with E-state index in [0.717, 1.165) is 49.9 Å². The van der Waals surface area contributed by atoms with Crippen molar-refractivity contribution in [2.24, 2.45) is 11.3 Å². The number of likely N-dealkylation sites (N-methyl/N-ethyl adjacent to an activating group) is 1. The fraction of sp³-hybridized carbons (Fsp3) is 0.500. The van der Waals surface area contributed by atoms with Gasteiger partial charge in [0.25, 0.3) is 5.91 Å². The number of nitrogens with zero attached hydrogens (tertiary/aromatic N) is 5. The number of carbonyl (C=O) groups is 1. The molecule has 3 aliphatic rings. The first kappa shape index (κ1) is 20.4. The van der Waals surface area contributed by atoms with E-state index in [1.807, 2.05) is 11.0 Å². The molecule has 4 heterocycles. The van der Waals surface area contributed by atoms with Crippen LogP contribution in [0.2, 0.25) is 0 Å². The maximum absolute atomic E-state index is 13.1. The Morgan fingerprint density at radius 2 is 2.24 bits per heavy atom. The number of amides is 1. The number of hydrogen-bond donors (Lipinski definition) is 2. The number of ether oxygens (including phenoxy) is 1. The molecular formula is C24H29N7O2. The first-order valence-electron chi connectivity index (χ1n) is 11.6. The molecule has 0 aromatic carbocycles. The number of rotatable bonds is 4. The van der Waals surface area contributed by atoms with Gasteiger partial charge in [0.05, 0.1) is 24.2 Å². The topological polar surface area (TPSA) is 103 Å². The lowest BCUT2D eigenvalue weighted by atomic mass is 9.88. The molecule has 9 nitrogen and oxygen atoms in total. The van der Waals surface area contributed by atoms with Gasteiger partial charge in [-0.1, -0.05) is 13.5 Å². The molecule has 172 valence electrons. The molecule has 0 unspecified atom stereocenters. The Balaban J connectivity index is 1.25. The predicted octanol–water partition coefficient (Wildman–Crippen LogP) is 2.67. The summed E-state index contributed by atoms with van der Waals surface area (Å²) in [6, 6.07) is 1.89. The van der Waals surface area contributed by atoms with E-state index in [9.17, 15) is 4.79 Å². The molecule has 3 aromatic rings. The molecule has 2 atom stereocenters. The van der Waals surface area contributed by atoms with Gasteiger partial charge in [0.15, 0.2) is 11.5 Å². The first-order valence-corrected chi connectivity index (χ1v) is 11.6. The average molecular weight is 448 g/mol. The van der Waals surface area contributed by atoms with Crippen molar-refractivity contribution in [2.75, 3.05) is 38.3 Å². The highest BCUT2D eigenvalue weighted by Crippen LogP contribution is 2.59. The van der Waals surface area contributed by atoms with Crippen molar-refractivity contribution in [2.45, 2.75) is 32.6 Å². The molecule has 9 heteroatoms. The highest BCUT2D eigenvalue weighted by Gasteiger charge is 2.53. The summed E-state index contributed by atoms with van der Waals surface area (Å²) in [4.78, 5) is 29.3. The van der Waals surface area contributed by atoms with Crippen molar-refractivity contribution in [3.8, 4) is 11.5 Å². The molecular weight excluding hydrogens is 418 g/mol. The lowest BCUT2D eigenvalue weighted by Gasteiger charge is -2.26. The molecule has 6 rings (SSSR count). The summed E-state index contributed by atoms with van der Waals surface area (Å²) in [5, 5.41) is 7.82. The van der Waals surface area contributed by atoms with E-state index in [1.54, 1.807) is 18.1 Å². The summed E-state index contributed by atoms with van der Waals surface area (Å²) in [5.41, 5.74) is 6.39. The molecule has 0 radical (unpaired) electrons. The smallest absolute Gasteiger partial charge is 0.273 e. The number of pyridine rings is 1. The zero-order chi connectivity index (χ0) is 22.7.